The molecular formula is C22H24N6O4. The van der Waals surface area contributed by atoms with Gasteiger partial charge in [-0.1, -0.05) is 0 Å². The van der Waals surface area contributed by atoms with Crippen molar-refractivity contribution in [1.29, 1.82) is 0 Å². The zero-order chi connectivity index (χ0) is 23.0. The Hall–Kier alpha value is -3.95. The summed E-state index contributed by atoms with van der Waals surface area (Å²) in [6.07, 6.45) is -0.322. The van der Waals surface area contributed by atoms with Gasteiger partial charge in [0.2, 0.25) is 5.91 Å². The highest BCUT2D eigenvalue weighted by molar-refractivity contribution is 5.95. The molecule has 10 nitrogen and oxygen atoms in total. The number of amides is 2. The second-order valence-corrected chi connectivity index (χ2v) is 8.03. The van der Waals surface area contributed by atoms with Gasteiger partial charge >= 0.3 is 5.97 Å². The minimum atomic E-state index is -1.06. The van der Waals surface area contributed by atoms with Crippen LogP contribution in [0.4, 0.5) is 5.69 Å². The summed E-state index contributed by atoms with van der Waals surface area (Å²) in [5, 5.41) is 12.1. The minimum Gasteiger partial charge on any atom is -0.481 e. The third-order valence-corrected chi connectivity index (χ3v) is 5.41. The van der Waals surface area contributed by atoms with E-state index in [1.165, 1.54) is 4.90 Å². The Balaban J connectivity index is 1.53. The first-order valence-electron chi connectivity index (χ1n) is 10.1. The molecule has 0 saturated carbocycles. The van der Waals surface area contributed by atoms with Crippen LogP contribution < -0.4 is 5.32 Å². The SMILES string of the molecule is Cc1ccc2[nH]c(CN(C)C(=O)c3ccc4c(c3)CN(C)C(=O)[C@H](CC(=O)O)N4)nc2n1. The van der Waals surface area contributed by atoms with Gasteiger partial charge in [0, 0.05) is 37.6 Å². The number of likely N-dealkylation sites (N-methyl/N-ethyl adjacent to an activating group) is 1. The number of carbonyl (C=O) groups excluding carboxylic acids is 2. The van der Waals surface area contributed by atoms with Crippen LogP contribution in [-0.2, 0) is 22.7 Å². The van der Waals surface area contributed by atoms with E-state index < -0.39 is 12.0 Å². The van der Waals surface area contributed by atoms with Gasteiger partial charge in [0.15, 0.2) is 5.65 Å². The summed E-state index contributed by atoms with van der Waals surface area (Å²) >= 11 is 0. The predicted molar refractivity (Wildman–Crippen MR) is 117 cm³/mol. The van der Waals surface area contributed by atoms with Crippen molar-refractivity contribution < 1.29 is 19.5 Å². The number of aromatic amines is 1. The first-order valence-corrected chi connectivity index (χ1v) is 10.1. The van der Waals surface area contributed by atoms with E-state index in [-0.39, 0.29) is 31.3 Å². The van der Waals surface area contributed by atoms with Crippen molar-refractivity contribution in [3.8, 4) is 0 Å². The number of aromatic nitrogens is 3. The van der Waals surface area contributed by atoms with Gasteiger partial charge in [-0.25, -0.2) is 9.97 Å². The first kappa shape index (κ1) is 21.3. The fourth-order valence-electron chi connectivity index (χ4n) is 3.79. The van der Waals surface area contributed by atoms with E-state index in [2.05, 4.69) is 20.3 Å². The van der Waals surface area contributed by atoms with Crippen LogP contribution in [0.5, 0.6) is 0 Å². The van der Waals surface area contributed by atoms with Gasteiger partial charge < -0.3 is 25.2 Å². The quantitative estimate of drug-likeness (QED) is 0.555. The summed E-state index contributed by atoms with van der Waals surface area (Å²) in [4.78, 5) is 51.7. The number of carboxylic acids is 1. The van der Waals surface area contributed by atoms with Crippen molar-refractivity contribution >= 4 is 34.6 Å². The molecule has 166 valence electrons. The van der Waals surface area contributed by atoms with Crippen LogP contribution in [0.15, 0.2) is 30.3 Å². The summed E-state index contributed by atoms with van der Waals surface area (Å²) in [5.41, 5.74) is 4.15. The largest absolute Gasteiger partial charge is 0.481 e. The van der Waals surface area contributed by atoms with Gasteiger partial charge in [-0.3, -0.25) is 14.4 Å². The molecule has 3 aromatic rings. The van der Waals surface area contributed by atoms with E-state index in [4.69, 9.17) is 5.11 Å². The number of fused-ring (bicyclic) bond motifs is 2. The number of benzene rings is 1. The maximum absolute atomic E-state index is 13.0. The number of hydrogen-bond acceptors (Lipinski definition) is 6. The number of hydrogen-bond donors (Lipinski definition) is 3. The number of nitrogens with zero attached hydrogens (tertiary/aromatic N) is 4. The van der Waals surface area contributed by atoms with E-state index in [1.807, 2.05) is 19.1 Å². The minimum absolute atomic E-state index is 0.197. The number of rotatable bonds is 5. The second kappa shape index (κ2) is 8.29. The molecule has 1 atom stereocenters. The molecule has 0 saturated heterocycles. The number of pyridine rings is 1. The number of carboxylic acid groups (broad SMARTS) is 1. The van der Waals surface area contributed by atoms with Crippen LogP contribution in [0.25, 0.3) is 11.2 Å². The molecular weight excluding hydrogens is 412 g/mol. The molecule has 0 aliphatic carbocycles. The van der Waals surface area contributed by atoms with E-state index in [9.17, 15) is 14.4 Å². The molecule has 0 radical (unpaired) electrons. The number of aryl methyl sites for hydroxylation is 1. The molecule has 2 amide bonds. The highest BCUT2D eigenvalue weighted by Gasteiger charge is 2.29. The van der Waals surface area contributed by atoms with Crippen molar-refractivity contribution in [3.05, 3.63) is 53.0 Å². The molecule has 1 aromatic carbocycles. The Morgan fingerprint density at radius 1 is 1.25 bits per heavy atom. The fourth-order valence-corrected chi connectivity index (χ4v) is 3.79. The molecule has 3 N–H and O–H groups in total. The maximum Gasteiger partial charge on any atom is 0.305 e. The Morgan fingerprint density at radius 3 is 2.78 bits per heavy atom. The topological polar surface area (TPSA) is 132 Å². The lowest BCUT2D eigenvalue weighted by molar-refractivity contribution is -0.141. The van der Waals surface area contributed by atoms with Crippen LogP contribution in [-0.4, -0.2) is 67.8 Å². The number of imidazole rings is 1. The van der Waals surface area contributed by atoms with Gasteiger partial charge in [-0.05, 0) is 42.8 Å². The van der Waals surface area contributed by atoms with Crippen LogP contribution in [0, 0.1) is 6.92 Å². The predicted octanol–water partition coefficient (Wildman–Crippen LogP) is 1.77. The Kier molecular flexibility index (Phi) is 5.52. The summed E-state index contributed by atoms with van der Waals surface area (Å²) in [7, 11) is 3.31. The lowest BCUT2D eigenvalue weighted by Crippen LogP contribution is -2.39. The van der Waals surface area contributed by atoms with E-state index >= 15 is 0 Å². The maximum atomic E-state index is 13.0. The molecule has 10 heteroatoms. The molecule has 1 aliphatic heterocycles. The molecule has 1 aliphatic rings. The van der Waals surface area contributed by atoms with Crippen molar-refractivity contribution in [3.63, 3.8) is 0 Å². The van der Waals surface area contributed by atoms with Crippen molar-refractivity contribution in [2.24, 2.45) is 0 Å². The zero-order valence-electron chi connectivity index (χ0n) is 18.0. The number of anilines is 1. The summed E-state index contributed by atoms with van der Waals surface area (Å²) in [5.74, 6) is -0.927. The molecule has 0 bridgehead atoms. The summed E-state index contributed by atoms with van der Waals surface area (Å²) < 4.78 is 0. The lowest BCUT2D eigenvalue weighted by atomic mass is 10.1. The van der Waals surface area contributed by atoms with E-state index in [1.54, 1.807) is 37.2 Å². The van der Waals surface area contributed by atoms with Gasteiger partial charge in [-0.15, -0.1) is 0 Å². The standard InChI is InChI=1S/C22H24N6O4/c1-12-4-6-16-20(23-12)26-18(25-16)11-28(3)21(31)13-5-7-15-14(8-13)10-27(2)22(32)17(24-15)9-19(29)30/h4-8,17,24H,9-11H2,1-3H3,(H,29,30)(H,23,25,26)/t17-/m0/s1. The highest BCUT2D eigenvalue weighted by Crippen LogP contribution is 2.25. The fraction of sp³-hybridized carbons (Fsp3) is 0.318. The van der Waals surface area contributed by atoms with Crippen LogP contribution in [0.1, 0.15) is 33.9 Å². The van der Waals surface area contributed by atoms with Gasteiger partial charge in [0.1, 0.15) is 11.9 Å². The van der Waals surface area contributed by atoms with Crippen molar-refractivity contribution in [1.82, 2.24) is 24.8 Å². The lowest BCUT2D eigenvalue weighted by Gasteiger charge is -2.19. The smallest absolute Gasteiger partial charge is 0.305 e. The molecule has 2 aromatic heterocycles. The molecule has 0 unspecified atom stereocenters. The normalized spacial score (nSPS) is 15.8. The Labute approximate surface area is 184 Å². The Morgan fingerprint density at radius 2 is 2.03 bits per heavy atom. The zero-order valence-corrected chi connectivity index (χ0v) is 18.0. The molecule has 0 fully saturated rings. The van der Waals surface area contributed by atoms with E-state index in [0.717, 1.165) is 16.8 Å². The summed E-state index contributed by atoms with van der Waals surface area (Å²) in [6, 6.07) is 8.06. The molecule has 0 spiro atoms. The van der Waals surface area contributed by atoms with Crippen LogP contribution >= 0.6 is 0 Å². The third-order valence-electron chi connectivity index (χ3n) is 5.41. The average molecular weight is 436 g/mol. The number of carbonyl (C=O) groups is 3. The van der Waals surface area contributed by atoms with Crippen molar-refractivity contribution in [2.45, 2.75) is 32.5 Å². The molecule has 4 rings (SSSR count). The van der Waals surface area contributed by atoms with Gasteiger partial charge in [0.05, 0.1) is 18.5 Å². The summed E-state index contributed by atoms with van der Waals surface area (Å²) in [6.45, 7) is 2.45. The van der Waals surface area contributed by atoms with Gasteiger partial charge in [0.25, 0.3) is 5.91 Å². The molecule has 3 heterocycles. The number of nitrogens with one attached hydrogen (secondary N) is 2. The monoisotopic (exact) mass is 436 g/mol. The van der Waals surface area contributed by atoms with Crippen molar-refractivity contribution in [2.75, 3.05) is 19.4 Å². The first-order chi connectivity index (χ1) is 15.2. The number of H-pyrrole nitrogens is 1. The Bertz CT molecular complexity index is 1220. The van der Waals surface area contributed by atoms with E-state index in [0.29, 0.717) is 22.7 Å². The number of aliphatic carboxylic acids is 1. The highest BCUT2D eigenvalue weighted by atomic mass is 16.4. The average Bonchev–Trinajstić information content (AvgIpc) is 3.09. The van der Waals surface area contributed by atoms with Crippen LogP contribution in [0.3, 0.4) is 0 Å². The van der Waals surface area contributed by atoms with Gasteiger partial charge in [-0.2, -0.15) is 0 Å². The van der Waals surface area contributed by atoms with Crippen LogP contribution in [0.2, 0.25) is 0 Å². The third kappa shape index (κ3) is 4.25. The molecule has 32 heavy (non-hydrogen) atoms. The second-order valence-electron chi connectivity index (χ2n) is 8.03.